The third-order valence-corrected chi connectivity index (χ3v) is 5.20. The van der Waals surface area contributed by atoms with Gasteiger partial charge in [-0.15, -0.1) is 11.3 Å². The summed E-state index contributed by atoms with van der Waals surface area (Å²) < 4.78 is 0. The molecule has 2 N–H and O–H groups in total. The molecule has 2 amide bonds. The Morgan fingerprint density at radius 3 is 2.81 bits per heavy atom. The van der Waals surface area contributed by atoms with Crippen LogP contribution in [0.25, 0.3) is 0 Å². The van der Waals surface area contributed by atoms with E-state index in [1.54, 1.807) is 22.7 Å². The molecule has 6 heteroatoms. The maximum Gasteiger partial charge on any atom is 0.315 e. The molecule has 0 aromatic carbocycles. The van der Waals surface area contributed by atoms with Gasteiger partial charge in [-0.2, -0.15) is 11.3 Å². The van der Waals surface area contributed by atoms with Gasteiger partial charge in [0.1, 0.15) is 5.01 Å². The van der Waals surface area contributed by atoms with E-state index in [9.17, 15) is 4.79 Å². The number of urea groups is 1. The molecule has 1 atom stereocenters. The van der Waals surface area contributed by atoms with Gasteiger partial charge < -0.3 is 10.6 Å². The van der Waals surface area contributed by atoms with Gasteiger partial charge in [-0.05, 0) is 49.1 Å². The Morgan fingerprint density at radius 2 is 2.24 bits per heavy atom. The van der Waals surface area contributed by atoms with Crippen molar-refractivity contribution in [1.29, 1.82) is 0 Å². The number of rotatable bonds is 5. The van der Waals surface area contributed by atoms with Crippen molar-refractivity contribution in [2.45, 2.75) is 39.2 Å². The number of carbonyl (C=O) groups excluding carboxylic acids is 1. The van der Waals surface area contributed by atoms with E-state index in [-0.39, 0.29) is 6.03 Å². The normalized spacial score (nSPS) is 13.0. The summed E-state index contributed by atoms with van der Waals surface area (Å²) in [5, 5.41) is 11.0. The first-order valence-electron chi connectivity index (χ1n) is 6.89. The first-order chi connectivity index (χ1) is 9.88. The van der Waals surface area contributed by atoms with Crippen LogP contribution in [0.1, 0.15) is 42.1 Å². The lowest BCUT2D eigenvalue weighted by atomic mass is 10.1. The van der Waals surface area contributed by atoms with Gasteiger partial charge in [-0.25, -0.2) is 9.78 Å². The second kappa shape index (κ2) is 6.58. The summed E-state index contributed by atoms with van der Waals surface area (Å²) in [5.41, 5.74) is 0.796. The van der Waals surface area contributed by atoms with Gasteiger partial charge in [0, 0.05) is 17.6 Å². The van der Waals surface area contributed by atoms with E-state index in [1.807, 2.05) is 27.0 Å². The minimum absolute atomic E-state index is 0.157. The molecule has 0 aliphatic heterocycles. The van der Waals surface area contributed by atoms with Gasteiger partial charge in [-0.1, -0.05) is 6.92 Å². The first kappa shape index (κ1) is 16.0. The molecular weight excluding hydrogens is 302 g/mol. The van der Waals surface area contributed by atoms with Crippen LogP contribution in [0.3, 0.4) is 0 Å². The van der Waals surface area contributed by atoms with Crippen molar-refractivity contribution in [3.63, 3.8) is 0 Å². The molecule has 0 bridgehead atoms. The second-order valence-corrected chi connectivity index (χ2v) is 7.71. The fraction of sp³-hybridized carbons (Fsp3) is 0.467. The number of hydrogen-bond donors (Lipinski definition) is 2. The molecule has 0 aliphatic rings. The molecule has 0 saturated carbocycles. The lowest BCUT2D eigenvalue weighted by Crippen LogP contribution is -2.47. The van der Waals surface area contributed by atoms with Crippen LogP contribution < -0.4 is 10.6 Å². The standard InChI is InChI=1S/C15H21N3OS2/c1-10(12-5-6-20-9-12)7-17-14(19)18-15(3,4)13-16-8-11(2)21-13/h5-6,8-10H,7H2,1-4H3,(H2,17,18,19). The van der Waals surface area contributed by atoms with Crippen molar-refractivity contribution in [2.24, 2.45) is 0 Å². The fourth-order valence-corrected chi connectivity index (χ4v) is 3.55. The molecule has 2 heterocycles. The van der Waals surface area contributed by atoms with E-state index < -0.39 is 5.54 Å². The molecule has 0 spiro atoms. The van der Waals surface area contributed by atoms with Crippen LogP contribution in [0, 0.1) is 6.92 Å². The van der Waals surface area contributed by atoms with Crippen molar-refractivity contribution in [3.8, 4) is 0 Å². The summed E-state index contributed by atoms with van der Waals surface area (Å²) in [6, 6.07) is 1.94. The Morgan fingerprint density at radius 1 is 1.48 bits per heavy atom. The van der Waals surface area contributed by atoms with Crippen molar-refractivity contribution in [3.05, 3.63) is 38.5 Å². The third kappa shape index (κ3) is 4.28. The van der Waals surface area contributed by atoms with Crippen LogP contribution in [0.15, 0.2) is 23.0 Å². The average molecular weight is 323 g/mol. The molecule has 2 rings (SSSR count). The van der Waals surface area contributed by atoms with Gasteiger partial charge in [0.2, 0.25) is 0 Å². The zero-order valence-corrected chi connectivity index (χ0v) is 14.4. The Balaban J connectivity index is 1.86. The van der Waals surface area contributed by atoms with E-state index in [0.29, 0.717) is 12.5 Å². The summed E-state index contributed by atoms with van der Waals surface area (Å²) in [7, 11) is 0. The van der Waals surface area contributed by atoms with Crippen molar-refractivity contribution < 1.29 is 4.79 Å². The van der Waals surface area contributed by atoms with Gasteiger partial charge in [-0.3, -0.25) is 0 Å². The number of nitrogens with one attached hydrogen (secondary N) is 2. The molecule has 2 aromatic heterocycles. The topological polar surface area (TPSA) is 54.0 Å². The number of nitrogens with zero attached hydrogens (tertiary/aromatic N) is 1. The van der Waals surface area contributed by atoms with Crippen molar-refractivity contribution in [1.82, 2.24) is 15.6 Å². The van der Waals surface area contributed by atoms with Crippen LogP contribution in [0.4, 0.5) is 4.79 Å². The lowest BCUT2D eigenvalue weighted by molar-refractivity contribution is 0.229. The van der Waals surface area contributed by atoms with Gasteiger partial charge >= 0.3 is 6.03 Å². The molecule has 0 saturated heterocycles. The largest absolute Gasteiger partial charge is 0.338 e. The summed E-state index contributed by atoms with van der Waals surface area (Å²) in [4.78, 5) is 17.6. The molecule has 0 aliphatic carbocycles. The first-order valence-corrected chi connectivity index (χ1v) is 8.65. The zero-order valence-electron chi connectivity index (χ0n) is 12.8. The number of thiazole rings is 1. The smallest absolute Gasteiger partial charge is 0.315 e. The molecule has 0 fully saturated rings. The predicted molar refractivity (Wildman–Crippen MR) is 89.1 cm³/mol. The third-order valence-electron chi connectivity index (χ3n) is 3.26. The molecule has 1 unspecified atom stereocenters. The number of amides is 2. The zero-order chi connectivity index (χ0) is 15.5. The maximum atomic E-state index is 12.1. The summed E-state index contributed by atoms with van der Waals surface area (Å²) in [6.07, 6.45) is 1.83. The monoisotopic (exact) mass is 323 g/mol. The van der Waals surface area contributed by atoms with E-state index in [4.69, 9.17) is 0 Å². The maximum absolute atomic E-state index is 12.1. The lowest BCUT2D eigenvalue weighted by Gasteiger charge is -2.24. The molecule has 4 nitrogen and oxygen atoms in total. The van der Waals surface area contributed by atoms with E-state index in [0.717, 1.165) is 9.88 Å². The highest BCUT2D eigenvalue weighted by molar-refractivity contribution is 7.11. The Kier molecular flexibility index (Phi) is 5.00. The Bertz CT molecular complexity index is 590. The van der Waals surface area contributed by atoms with E-state index >= 15 is 0 Å². The highest BCUT2D eigenvalue weighted by Crippen LogP contribution is 2.24. The number of aryl methyl sites for hydroxylation is 1. The summed E-state index contributed by atoms with van der Waals surface area (Å²) in [6.45, 7) is 8.67. The number of hydrogen-bond acceptors (Lipinski definition) is 4. The minimum atomic E-state index is -0.464. The summed E-state index contributed by atoms with van der Waals surface area (Å²) >= 11 is 3.28. The number of thiophene rings is 1. The average Bonchev–Trinajstić information content (AvgIpc) is 3.06. The molecule has 2 aromatic rings. The van der Waals surface area contributed by atoms with Crippen LogP contribution >= 0.6 is 22.7 Å². The quantitative estimate of drug-likeness (QED) is 0.878. The predicted octanol–water partition coefficient (Wildman–Crippen LogP) is 3.85. The SMILES string of the molecule is Cc1cnc(C(C)(C)NC(=O)NCC(C)c2ccsc2)s1. The Labute approximate surface area is 133 Å². The van der Waals surface area contributed by atoms with E-state index in [2.05, 4.69) is 39.4 Å². The highest BCUT2D eigenvalue weighted by Gasteiger charge is 2.26. The molecule has 21 heavy (non-hydrogen) atoms. The Hall–Kier alpha value is -1.40. The molecule has 114 valence electrons. The van der Waals surface area contributed by atoms with Gasteiger partial charge in [0.25, 0.3) is 0 Å². The van der Waals surface area contributed by atoms with Crippen molar-refractivity contribution in [2.75, 3.05) is 6.54 Å². The minimum Gasteiger partial charge on any atom is -0.338 e. The second-order valence-electron chi connectivity index (χ2n) is 5.69. The van der Waals surface area contributed by atoms with Crippen LogP contribution in [-0.2, 0) is 5.54 Å². The molecular formula is C15H21N3OS2. The van der Waals surface area contributed by atoms with Crippen LogP contribution in [-0.4, -0.2) is 17.6 Å². The van der Waals surface area contributed by atoms with Gasteiger partial charge in [0.05, 0.1) is 5.54 Å². The number of aromatic nitrogens is 1. The highest BCUT2D eigenvalue weighted by atomic mass is 32.1. The van der Waals surface area contributed by atoms with Crippen LogP contribution in [0.2, 0.25) is 0 Å². The summed E-state index contributed by atoms with van der Waals surface area (Å²) in [5.74, 6) is 0.312. The van der Waals surface area contributed by atoms with E-state index in [1.165, 1.54) is 5.56 Å². The molecule has 0 radical (unpaired) electrons. The number of carbonyl (C=O) groups is 1. The van der Waals surface area contributed by atoms with Crippen molar-refractivity contribution >= 4 is 28.7 Å². The fourth-order valence-electron chi connectivity index (χ4n) is 1.94. The van der Waals surface area contributed by atoms with Gasteiger partial charge in [0.15, 0.2) is 0 Å². The van der Waals surface area contributed by atoms with Crippen LogP contribution in [0.5, 0.6) is 0 Å².